The molecule has 1 unspecified atom stereocenters. The first-order valence-corrected chi connectivity index (χ1v) is 6.57. The molecule has 0 aromatic heterocycles. The molecule has 0 spiro atoms. The maximum atomic E-state index is 12.3. The summed E-state index contributed by atoms with van der Waals surface area (Å²) in [5.74, 6) is -2.95. The summed E-state index contributed by atoms with van der Waals surface area (Å²) < 4.78 is 0. The van der Waals surface area contributed by atoms with Gasteiger partial charge < -0.3 is 25.3 Å². The highest BCUT2D eigenvalue weighted by Crippen LogP contribution is 2.19. The van der Waals surface area contributed by atoms with Crippen LogP contribution in [0.5, 0.6) is 0 Å². The van der Waals surface area contributed by atoms with Crippen molar-refractivity contribution in [3.8, 4) is 0 Å². The fraction of sp³-hybridized carbons (Fsp3) is 0.667. The highest BCUT2D eigenvalue weighted by atomic mass is 16.4. The van der Waals surface area contributed by atoms with Gasteiger partial charge >= 0.3 is 18.0 Å². The lowest BCUT2D eigenvalue weighted by molar-refractivity contribution is -0.140. The number of likely N-dealkylation sites (tertiary alicyclic amines) is 1. The van der Waals surface area contributed by atoms with Crippen molar-refractivity contribution in [2.24, 2.45) is 0 Å². The fourth-order valence-corrected chi connectivity index (χ4v) is 2.30. The molecule has 0 bridgehead atoms. The number of likely N-dealkylation sites (N-methyl/N-ethyl adjacent to an activating group) is 1. The molecule has 1 atom stereocenters. The van der Waals surface area contributed by atoms with Crippen LogP contribution in [0.25, 0.3) is 0 Å². The average Bonchev–Trinajstić information content (AvgIpc) is 2.44. The van der Waals surface area contributed by atoms with Crippen LogP contribution in [0.2, 0.25) is 0 Å². The summed E-state index contributed by atoms with van der Waals surface area (Å²) in [6.45, 7) is -1.14. The minimum Gasteiger partial charge on any atom is -0.480 e. The number of piperidine rings is 1. The van der Waals surface area contributed by atoms with Crippen LogP contribution in [0.3, 0.4) is 0 Å². The first kappa shape index (κ1) is 16.7. The molecular weight excluding hydrogens is 282 g/mol. The Morgan fingerprint density at radius 2 is 1.71 bits per heavy atom. The number of urea groups is 1. The number of carboxylic acid groups (broad SMARTS) is 2. The van der Waals surface area contributed by atoms with E-state index in [1.54, 1.807) is 0 Å². The van der Waals surface area contributed by atoms with Crippen LogP contribution in [-0.2, 0) is 14.4 Å². The Hall–Kier alpha value is -2.32. The average molecular weight is 301 g/mol. The van der Waals surface area contributed by atoms with E-state index >= 15 is 0 Å². The molecular formula is C12H19N3O6. The third kappa shape index (κ3) is 4.62. The van der Waals surface area contributed by atoms with Crippen molar-refractivity contribution in [2.45, 2.75) is 25.3 Å². The SMILES string of the molecule is CNC(=O)C1CCCCN1C(=O)N(CC(=O)O)CC(=O)O. The molecule has 1 aliphatic heterocycles. The molecule has 1 saturated heterocycles. The molecule has 118 valence electrons. The monoisotopic (exact) mass is 301 g/mol. The number of nitrogens with one attached hydrogen (secondary N) is 1. The van der Waals surface area contributed by atoms with Crippen molar-refractivity contribution in [1.82, 2.24) is 15.1 Å². The standard InChI is InChI=1S/C12H19N3O6/c1-13-11(20)8-4-2-3-5-15(8)12(21)14(6-9(16)17)7-10(18)19/h8H,2-7H2,1H3,(H,13,20)(H,16,17)(H,18,19). The number of carbonyl (C=O) groups is 4. The molecule has 9 heteroatoms. The summed E-state index contributed by atoms with van der Waals surface area (Å²) in [6.07, 6.45) is 1.94. The van der Waals surface area contributed by atoms with Crippen molar-refractivity contribution in [1.29, 1.82) is 0 Å². The van der Waals surface area contributed by atoms with Gasteiger partial charge in [0, 0.05) is 13.6 Å². The maximum Gasteiger partial charge on any atom is 0.323 e. The largest absolute Gasteiger partial charge is 0.480 e. The van der Waals surface area contributed by atoms with Crippen LogP contribution in [0.1, 0.15) is 19.3 Å². The van der Waals surface area contributed by atoms with Gasteiger partial charge in [-0.2, -0.15) is 0 Å². The lowest BCUT2D eigenvalue weighted by Gasteiger charge is -2.37. The van der Waals surface area contributed by atoms with E-state index < -0.39 is 37.1 Å². The molecule has 9 nitrogen and oxygen atoms in total. The van der Waals surface area contributed by atoms with Crippen LogP contribution in [-0.4, -0.2) is 76.6 Å². The highest BCUT2D eigenvalue weighted by molar-refractivity contribution is 5.89. The second-order valence-corrected chi connectivity index (χ2v) is 4.75. The van der Waals surface area contributed by atoms with Crippen molar-refractivity contribution in [2.75, 3.05) is 26.7 Å². The molecule has 0 aliphatic carbocycles. The van der Waals surface area contributed by atoms with Crippen LogP contribution in [0.4, 0.5) is 4.79 Å². The smallest absolute Gasteiger partial charge is 0.323 e. The topological polar surface area (TPSA) is 127 Å². The number of nitrogens with zero attached hydrogens (tertiary/aromatic N) is 2. The van der Waals surface area contributed by atoms with E-state index in [1.165, 1.54) is 11.9 Å². The summed E-state index contributed by atoms with van der Waals surface area (Å²) in [6, 6.07) is -1.44. The Kier molecular flexibility index (Phi) is 5.94. The van der Waals surface area contributed by atoms with E-state index in [2.05, 4.69) is 5.32 Å². The Morgan fingerprint density at radius 3 is 2.19 bits per heavy atom. The molecule has 1 rings (SSSR count). The van der Waals surface area contributed by atoms with Crippen LogP contribution < -0.4 is 5.32 Å². The van der Waals surface area contributed by atoms with E-state index in [4.69, 9.17) is 10.2 Å². The number of hydrogen-bond donors (Lipinski definition) is 3. The van der Waals surface area contributed by atoms with Gasteiger partial charge in [0.2, 0.25) is 5.91 Å². The Bertz CT molecular complexity index is 423. The first-order chi connectivity index (χ1) is 9.86. The van der Waals surface area contributed by atoms with E-state index in [9.17, 15) is 19.2 Å². The van der Waals surface area contributed by atoms with Gasteiger partial charge in [-0.3, -0.25) is 14.4 Å². The zero-order valence-electron chi connectivity index (χ0n) is 11.7. The summed E-state index contributed by atoms with van der Waals surface area (Å²) in [4.78, 5) is 47.6. The summed E-state index contributed by atoms with van der Waals surface area (Å²) in [5.41, 5.74) is 0. The van der Waals surface area contributed by atoms with Crippen molar-refractivity contribution >= 4 is 23.9 Å². The predicted molar refractivity (Wildman–Crippen MR) is 70.7 cm³/mol. The van der Waals surface area contributed by atoms with Crippen LogP contribution in [0, 0.1) is 0 Å². The van der Waals surface area contributed by atoms with Gasteiger partial charge in [-0.25, -0.2) is 4.79 Å². The lowest BCUT2D eigenvalue weighted by Crippen LogP contribution is -2.56. The van der Waals surface area contributed by atoms with Gasteiger partial charge in [0.25, 0.3) is 0 Å². The Labute approximate surface area is 121 Å². The molecule has 1 aliphatic rings. The second-order valence-electron chi connectivity index (χ2n) is 4.75. The quantitative estimate of drug-likeness (QED) is 0.608. The van der Waals surface area contributed by atoms with Crippen molar-refractivity contribution in [3.63, 3.8) is 0 Å². The van der Waals surface area contributed by atoms with Gasteiger partial charge in [0.15, 0.2) is 0 Å². The number of aliphatic carboxylic acids is 2. The van der Waals surface area contributed by atoms with Crippen molar-refractivity contribution in [3.05, 3.63) is 0 Å². The summed E-state index contributed by atoms with van der Waals surface area (Å²) in [5, 5.41) is 20.0. The molecule has 21 heavy (non-hydrogen) atoms. The maximum absolute atomic E-state index is 12.3. The third-order valence-corrected chi connectivity index (χ3v) is 3.22. The Morgan fingerprint density at radius 1 is 1.14 bits per heavy atom. The number of carbonyl (C=O) groups excluding carboxylic acids is 2. The third-order valence-electron chi connectivity index (χ3n) is 3.22. The number of carboxylic acids is 2. The molecule has 0 aromatic carbocycles. The van der Waals surface area contributed by atoms with Gasteiger partial charge in [-0.05, 0) is 19.3 Å². The number of hydrogen-bond acceptors (Lipinski definition) is 4. The highest BCUT2D eigenvalue weighted by Gasteiger charge is 2.35. The summed E-state index contributed by atoms with van der Waals surface area (Å²) >= 11 is 0. The molecule has 0 saturated carbocycles. The Balaban J connectivity index is 2.90. The molecule has 1 heterocycles. The van der Waals surface area contributed by atoms with E-state index in [0.717, 1.165) is 6.42 Å². The van der Waals surface area contributed by atoms with E-state index in [-0.39, 0.29) is 5.91 Å². The van der Waals surface area contributed by atoms with E-state index in [0.29, 0.717) is 24.3 Å². The first-order valence-electron chi connectivity index (χ1n) is 6.57. The zero-order valence-corrected chi connectivity index (χ0v) is 11.7. The normalized spacial score (nSPS) is 18.0. The predicted octanol–water partition coefficient (Wildman–Crippen LogP) is -0.822. The fourth-order valence-electron chi connectivity index (χ4n) is 2.30. The number of amides is 3. The minimum absolute atomic E-state index is 0.298. The van der Waals surface area contributed by atoms with Crippen molar-refractivity contribution < 1.29 is 29.4 Å². The van der Waals surface area contributed by atoms with Gasteiger partial charge in [0.1, 0.15) is 19.1 Å². The minimum atomic E-state index is -1.31. The molecule has 3 amide bonds. The van der Waals surface area contributed by atoms with E-state index in [1.807, 2.05) is 0 Å². The zero-order chi connectivity index (χ0) is 16.0. The van der Waals surface area contributed by atoms with Gasteiger partial charge in [0.05, 0.1) is 0 Å². The van der Waals surface area contributed by atoms with Gasteiger partial charge in [-0.1, -0.05) is 0 Å². The van der Waals surface area contributed by atoms with Crippen LogP contribution in [0.15, 0.2) is 0 Å². The van der Waals surface area contributed by atoms with Crippen LogP contribution >= 0.6 is 0 Å². The molecule has 0 aromatic rings. The van der Waals surface area contributed by atoms with Gasteiger partial charge in [-0.15, -0.1) is 0 Å². The molecule has 0 radical (unpaired) electrons. The second kappa shape index (κ2) is 7.46. The lowest BCUT2D eigenvalue weighted by atomic mass is 10.0. The molecule has 1 fully saturated rings. The number of rotatable bonds is 5. The molecule has 3 N–H and O–H groups in total. The summed E-state index contributed by atoms with van der Waals surface area (Å²) in [7, 11) is 1.45.